The number of hydrogen-bond donors (Lipinski definition) is 1. The maximum atomic E-state index is 12.6. The zero-order chi connectivity index (χ0) is 16.9. The van der Waals surface area contributed by atoms with Gasteiger partial charge < -0.3 is 19.5 Å². The molecule has 0 spiro atoms. The Morgan fingerprint density at radius 1 is 1.29 bits per heavy atom. The Morgan fingerprint density at radius 3 is 2.79 bits per heavy atom. The Hall–Kier alpha value is -2.14. The molecule has 0 saturated carbocycles. The predicted molar refractivity (Wildman–Crippen MR) is 94.7 cm³/mol. The standard InChI is InChI=1S/C18H22ClN3O2/c1-2-24-15-7-5-14(6-8-15)17-16-4-3-11-21(16)12-13-22(17)18(23)20-10-9-19/h3-8,11,17H,2,9-10,12-13H2,1H3,(H,20,23)/t17-/m1/s1. The number of benzene rings is 1. The Kier molecular flexibility index (Phi) is 5.30. The summed E-state index contributed by atoms with van der Waals surface area (Å²) in [6, 6.07) is 11.9. The molecule has 2 heterocycles. The molecule has 0 bridgehead atoms. The highest BCUT2D eigenvalue weighted by molar-refractivity contribution is 6.18. The minimum atomic E-state index is -0.111. The first-order chi connectivity index (χ1) is 11.7. The van der Waals surface area contributed by atoms with E-state index in [1.165, 1.54) is 0 Å². The van der Waals surface area contributed by atoms with Crippen LogP contribution < -0.4 is 10.1 Å². The first-order valence-corrected chi connectivity index (χ1v) is 8.76. The van der Waals surface area contributed by atoms with Gasteiger partial charge in [-0.3, -0.25) is 0 Å². The molecule has 0 aliphatic carbocycles. The Balaban J connectivity index is 1.91. The van der Waals surface area contributed by atoms with Crippen LogP contribution in [0.15, 0.2) is 42.6 Å². The predicted octanol–water partition coefficient (Wildman–Crippen LogP) is 3.24. The fraction of sp³-hybridized carbons (Fsp3) is 0.389. The van der Waals surface area contributed by atoms with E-state index in [1.54, 1.807) is 0 Å². The highest BCUT2D eigenvalue weighted by Gasteiger charge is 2.31. The molecular formula is C18H22ClN3O2. The minimum absolute atomic E-state index is 0.0815. The van der Waals surface area contributed by atoms with Gasteiger partial charge in [0.1, 0.15) is 5.75 Å². The van der Waals surface area contributed by atoms with Gasteiger partial charge in [-0.05, 0) is 36.8 Å². The third kappa shape index (κ3) is 3.36. The lowest BCUT2D eigenvalue weighted by Gasteiger charge is -2.37. The maximum Gasteiger partial charge on any atom is 0.318 e. The van der Waals surface area contributed by atoms with E-state index in [0.717, 1.165) is 23.6 Å². The van der Waals surface area contributed by atoms with E-state index >= 15 is 0 Å². The molecule has 1 aromatic carbocycles. The number of halogens is 1. The molecular weight excluding hydrogens is 326 g/mol. The first kappa shape index (κ1) is 16.7. The van der Waals surface area contributed by atoms with E-state index in [9.17, 15) is 4.79 Å². The average Bonchev–Trinajstić information content (AvgIpc) is 3.08. The van der Waals surface area contributed by atoms with Gasteiger partial charge in [0.15, 0.2) is 0 Å². The zero-order valence-corrected chi connectivity index (χ0v) is 14.5. The van der Waals surface area contributed by atoms with Crippen molar-refractivity contribution in [2.45, 2.75) is 19.5 Å². The van der Waals surface area contributed by atoms with E-state index in [4.69, 9.17) is 16.3 Å². The van der Waals surface area contributed by atoms with Crippen molar-refractivity contribution in [1.29, 1.82) is 0 Å². The number of carbonyl (C=O) groups excluding carboxylic acids is 1. The number of ether oxygens (including phenoxy) is 1. The van der Waals surface area contributed by atoms with Crippen molar-refractivity contribution in [3.05, 3.63) is 53.9 Å². The zero-order valence-electron chi connectivity index (χ0n) is 13.7. The SMILES string of the molecule is CCOc1ccc([C@@H]2c3cccn3CCN2C(=O)NCCCl)cc1. The molecule has 2 amide bonds. The molecule has 6 heteroatoms. The fourth-order valence-electron chi connectivity index (χ4n) is 3.12. The maximum absolute atomic E-state index is 12.6. The molecule has 1 aromatic heterocycles. The second-order valence-corrected chi connectivity index (χ2v) is 6.02. The van der Waals surface area contributed by atoms with Gasteiger partial charge in [-0.1, -0.05) is 12.1 Å². The van der Waals surface area contributed by atoms with Gasteiger partial charge in [-0.15, -0.1) is 11.6 Å². The van der Waals surface area contributed by atoms with Crippen molar-refractivity contribution >= 4 is 17.6 Å². The van der Waals surface area contributed by atoms with Gasteiger partial charge in [-0.25, -0.2) is 4.79 Å². The Labute approximate surface area is 147 Å². The molecule has 0 fully saturated rings. The van der Waals surface area contributed by atoms with Crippen molar-refractivity contribution < 1.29 is 9.53 Å². The third-order valence-corrected chi connectivity index (χ3v) is 4.37. The van der Waals surface area contributed by atoms with Gasteiger partial charge >= 0.3 is 6.03 Å². The highest BCUT2D eigenvalue weighted by atomic mass is 35.5. The van der Waals surface area contributed by atoms with Gasteiger partial charge in [0.05, 0.1) is 12.6 Å². The summed E-state index contributed by atoms with van der Waals surface area (Å²) in [5.41, 5.74) is 2.19. The average molecular weight is 348 g/mol. The quantitative estimate of drug-likeness (QED) is 0.844. The van der Waals surface area contributed by atoms with E-state index in [2.05, 4.69) is 22.1 Å². The van der Waals surface area contributed by atoms with Gasteiger partial charge in [-0.2, -0.15) is 0 Å². The first-order valence-electron chi connectivity index (χ1n) is 8.22. The van der Waals surface area contributed by atoms with Crippen LogP contribution in [0.3, 0.4) is 0 Å². The molecule has 1 N–H and O–H groups in total. The number of alkyl halides is 1. The number of hydrogen-bond acceptors (Lipinski definition) is 2. The molecule has 1 aliphatic rings. The molecule has 0 radical (unpaired) electrons. The lowest BCUT2D eigenvalue weighted by atomic mass is 10.00. The molecule has 1 aliphatic heterocycles. The van der Waals surface area contributed by atoms with Gasteiger partial charge in [0, 0.05) is 37.4 Å². The van der Waals surface area contributed by atoms with Crippen molar-refractivity contribution in [3.63, 3.8) is 0 Å². The number of nitrogens with one attached hydrogen (secondary N) is 1. The molecule has 3 rings (SSSR count). The number of rotatable bonds is 5. The van der Waals surface area contributed by atoms with E-state index in [1.807, 2.05) is 42.2 Å². The van der Waals surface area contributed by atoms with Crippen LogP contribution in [-0.4, -0.2) is 41.1 Å². The van der Waals surface area contributed by atoms with E-state index < -0.39 is 0 Å². The van der Waals surface area contributed by atoms with Crippen LogP contribution in [-0.2, 0) is 6.54 Å². The number of urea groups is 1. The van der Waals surface area contributed by atoms with Crippen LogP contribution in [0.4, 0.5) is 4.79 Å². The molecule has 5 nitrogen and oxygen atoms in total. The molecule has 128 valence electrons. The van der Waals surface area contributed by atoms with Crippen molar-refractivity contribution in [2.75, 3.05) is 25.6 Å². The van der Waals surface area contributed by atoms with Crippen LogP contribution in [0.5, 0.6) is 5.75 Å². The summed E-state index contributed by atoms with van der Waals surface area (Å²) >= 11 is 5.70. The van der Waals surface area contributed by atoms with Gasteiger partial charge in [0.25, 0.3) is 0 Å². The van der Waals surface area contributed by atoms with Crippen LogP contribution >= 0.6 is 11.6 Å². The number of aromatic nitrogens is 1. The summed E-state index contributed by atoms with van der Waals surface area (Å²) in [5.74, 6) is 1.24. The third-order valence-electron chi connectivity index (χ3n) is 4.18. The molecule has 0 saturated heterocycles. The Morgan fingerprint density at radius 2 is 2.08 bits per heavy atom. The topological polar surface area (TPSA) is 46.5 Å². The molecule has 24 heavy (non-hydrogen) atoms. The summed E-state index contributed by atoms with van der Waals surface area (Å²) in [7, 11) is 0. The molecule has 1 atom stereocenters. The number of nitrogens with zero attached hydrogens (tertiary/aromatic N) is 2. The van der Waals surface area contributed by atoms with Gasteiger partial charge in [0.2, 0.25) is 0 Å². The van der Waals surface area contributed by atoms with Crippen molar-refractivity contribution in [1.82, 2.24) is 14.8 Å². The summed E-state index contributed by atoms with van der Waals surface area (Å²) in [6.07, 6.45) is 2.06. The van der Waals surface area contributed by atoms with Crippen LogP contribution in [0, 0.1) is 0 Å². The largest absolute Gasteiger partial charge is 0.494 e. The fourth-order valence-corrected chi connectivity index (χ4v) is 3.22. The van der Waals surface area contributed by atoms with Crippen molar-refractivity contribution in [2.24, 2.45) is 0 Å². The smallest absolute Gasteiger partial charge is 0.318 e. The molecule has 2 aromatic rings. The van der Waals surface area contributed by atoms with E-state index in [-0.39, 0.29) is 12.1 Å². The van der Waals surface area contributed by atoms with Crippen LogP contribution in [0.1, 0.15) is 24.2 Å². The second kappa shape index (κ2) is 7.62. The lowest BCUT2D eigenvalue weighted by molar-refractivity contribution is 0.169. The number of amides is 2. The normalized spacial score (nSPS) is 16.6. The lowest BCUT2D eigenvalue weighted by Crippen LogP contribution is -2.47. The summed E-state index contributed by atoms with van der Waals surface area (Å²) < 4.78 is 7.72. The minimum Gasteiger partial charge on any atom is -0.494 e. The number of carbonyl (C=O) groups is 1. The van der Waals surface area contributed by atoms with Crippen LogP contribution in [0.25, 0.3) is 0 Å². The molecule has 0 unspecified atom stereocenters. The van der Waals surface area contributed by atoms with Crippen molar-refractivity contribution in [3.8, 4) is 5.75 Å². The second-order valence-electron chi connectivity index (χ2n) is 5.65. The number of fused-ring (bicyclic) bond motifs is 1. The summed E-state index contributed by atoms with van der Waals surface area (Å²) in [5, 5.41) is 2.88. The summed E-state index contributed by atoms with van der Waals surface area (Å²) in [4.78, 5) is 14.4. The highest BCUT2D eigenvalue weighted by Crippen LogP contribution is 2.33. The monoisotopic (exact) mass is 347 g/mol. The van der Waals surface area contributed by atoms with Crippen LogP contribution in [0.2, 0.25) is 0 Å². The summed E-state index contributed by atoms with van der Waals surface area (Å²) in [6.45, 7) is 4.52. The Bertz CT molecular complexity index is 684. The van der Waals surface area contributed by atoms with E-state index in [0.29, 0.717) is 25.6 Å².